The molecule has 0 fully saturated rings. The van der Waals surface area contributed by atoms with E-state index in [4.69, 9.17) is 5.11 Å². The monoisotopic (exact) mass is 292 g/mol. The summed E-state index contributed by atoms with van der Waals surface area (Å²) >= 11 is 0. The predicted molar refractivity (Wildman–Crippen MR) is 82.6 cm³/mol. The SMILES string of the molecule is CC(C)CCCNC(=O)NCCc1ccc(C(=O)O)cc1. The van der Waals surface area contributed by atoms with E-state index in [9.17, 15) is 9.59 Å². The van der Waals surface area contributed by atoms with Crippen LogP contribution < -0.4 is 10.6 Å². The van der Waals surface area contributed by atoms with Crippen molar-refractivity contribution in [1.82, 2.24) is 10.6 Å². The Morgan fingerprint density at radius 1 is 1.10 bits per heavy atom. The first kappa shape index (κ1) is 17.0. The third kappa shape index (κ3) is 7.34. The van der Waals surface area contributed by atoms with Crippen molar-refractivity contribution in [2.45, 2.75) is 33.1 Å². The normalized spacial score (nSPS) is 10.4. The number of nitrogens with one attached hydrogen (secondary N) is 2. The van der Waals surface area contributed by atoms with Gasteiger partial charge in [0, 0.05) is 13.1 Å². The van der Waals surface area contributed by atoms with Crippen LogP contribution in [0.2, 0.25) is 0 Å². The van der Waals surface area contributed by atoms with Crippen LogP contribution in [-0.2, 0) is 6.42 Å². The Bertz CT molecular complexity index is 455. The molecule has 1 aromatic carbocycles. The summed E-state index contributed by atoms with van der Waals surface area (Å²) in [5.41, 5.74) is 1.27. The molecule has 21 heavy (non-hydrogen) atoms. The summed E-state index contributed by atoms with van der Waals surface area (Å²) in [5.74, 6) is -0.274. The number of carboxylic acids is 1. The molecule has 0 aliphatic rings. The molecule has 0 aliphatic carbocycles. The van der Waals surface area contributed by atoms with Gasteiger partial charge in [-0.05, 0) is 42.9 Å². The number of hydrogen-bond donors (Lipinski definition) is 3. The highest BCUT2D eigenvalue weighted by Gasteiger charge is 2.03. The topological polar surface area (TPSA) is 78.4 Å². The fourth-order valence-corrected chi connectivity index (χ4v) is 1.91. The standard InChI is InChI=1S/C16H24N2O3/c1-12(2)4-3-10-17-16(21)18-11-9-13-5-7-14(8-6-13)15(19)20/h5-8,12H,3-4,9-11H2,1-2H3,(H,19,20)(H2,17,18,21). The molecule has 0 saturated heterocycles. The van der Waals surface area contributed by atoms with Gasteiger partial charge < -0.3 is 15.7 Å². The van der Waals surface area contributed by atoms with E-state index in [1.807, 2.05) is 0 Å². The minimum absolute atomic E-state index is 0.152. The van der Waals surface area contributed by atoms with Crippen LogP contribution in [0.4, 0.5) is 4.79 Å². The molecule has 0 atom stereocenters. The molecular formula is C16H24N2O3. The Labute approximate surface area is 125 Å². The molecule has 1 aromatic rings. The quantitative estimate of drug-likeness (QED) is 0.645. The van der Waals surface area contributed by atoms with Crippen molar-refractivity contribution >= 4 is 12.0 Å². The first-order chi connectivity index (χ1) is 9.99. The zero-order valence-corrected chi connectivity index (χ0v) is 12.7. The predicted octanol–water partition coefficient (Wildman–Crippen LogP) is 2.66. The Hall–Kier alpha value is -2.04. The number of rotatable bonds is 8. The van der Waals surface area contributed by atoms with E-state index in [1.165, 1.54) is 0 Å². The lowest BCUT2D eigenvalue weighted by atomic mass is 10.1. The molecule has 0 unspecified atom stereocenters. The van der Waals surface area contributed by atoms with Gasteiger partial charge in [0.25, 0.3) is 0 Å². The molecule has 2 amide bonds. The van der Waals surface area contributed by atoms with Crippen molar-refractivity contribution in [1.29, 1.82) is 0 Å². The summed E-state index contributed by atoms with van der Waals surface area (Å²) in [7, 11) is 0. The maximum absolute atomic E-state index is 11.5. The van der Waals surface area contributed by atoms with Crippen molar-refractivity contribution < 1.29 is 14.7 Å². The summed E-state index contributed by atoms with van der Waals surface area (Å²) in [5, 5.41) is 14.4. The van der Waals surface area contributed by atoms with Gasteiger partial charge in [-0.3, -0.25) is 0 Å². The molecule has 3 N–H and O–H groups in total. The summed E-state index contributed by atoms with van der Waals surface area (Å²) in [6.07, 6.45) is 2.78. The highest BCUT2D eigenvalue weighted by atomic mass is 16.4. The van der Waals surface area contributed by atoms with Crippen LogP contribution in [0.5, 0.6) is 0 Å². The minimum atomic E-state index is -0.930. The largest absolute Gasteiger partial charge is 0.478 e. The van der Waals surface area contributed by atoms with Crippen molar-refractivity contribution in [3.05, 3.63) is 35.4 Å². The van der Waals surface area contributed by atoms with Gasteiger partial charge in [-0.1, -0.05) is 26.0 Å². The van der Waals surface area contributed by atoms with Crippen LogP contribution in [0.15, 0.2) is 24.3 Å². The molecule has 0 aliphatic heterocycles. The van der Waals surface area contributed by atoms with Gasteiger partial charge in [0.2, 0.25) is 0 Å². The number of carboxylic acid groups (broad SMARTS) is 1. The van der Waals surface area contributed by atoms with E-state index < -0.39 is 5.97 Å². The third-order valence-electron chi connectivity index (χ3n) is 3.14. The summed E-state index contributed by atoms with van der Waals surface area (Å²) < 4.78 is 0. The number of carbonyl (C=O) groups is 2. The number of aromatic carboxylic acids is 1. The van der Waals surface area contributed by atoms with Gasteiger partial charge in [0.1, 0.15) is 0 Å². The van der Waals surface area contributed by atoms with E-state index in [2.05, 4.69) is 24.5 Å². The van der Waals surface area contributed by atoms with E-state index >= 15 is 0 Å². The fourth-order valence-electron chi connectivity index (χ4n) is 1.91. The summed E-state index contributed by atoms with van der Waals surface area (Å²) in [6, 6.07) is 6.53. The number of urea groups is 1. The molecule has 0 saturated carbocycles. The first-order valence-corrected chi connectivity index (χ1v) is 7.33. The Balaban J connectivity index is 2.18. The van der Waals surface area contributed by atoms with Gasteiger partial charge in [-0.15, -0.1) is 0 Å². The lowest BCUT2D eigenvalue weighted by molar-refractivity contribution is 0.0697. The Morgan fingerprint density at radius 3 is 2.29 bits per heavy atom. The molecule has 0 radical (unpaired) electrons. The number of benzene rings is 1. The molecular weight excluding hydrogens is 268 g/mol. The van der Waals surface area contributed by atoms with Gasteiger partial charge in [-0.25, -0.2) is 9.59 Å². The lowest BCUT2D eigenvalue weighted by Crippen LogP contribution is -2.37. The van der Waals surface area contributed by atoms with E-state index in [-0.39, 0.29) is 11.6 Å². The van der Waals surface area contributed by atoms with Crippen LogP contribution >= 0.6 is 0 Å². The van der Waals surface area contributed by atoms with E-state index in [1.54, 1.807) is 24.3 Å². The second kappa shape index (κ2) is 9.00. The van der Waals surface area contributed by atoms with Crippen LogP contribution in [0, 0.1) is 5.92 Å². The molecule has 0 bridgehead atoms. The van der Waals surface area contributed by atoms with Crippen LogP contribution in [0.25, 0.3) is 0 Å². The van der Waals surface area contributed by atoms with Gasteiger partial charge >= 0.3 is 12.0 Å². The van der Waals surface area contributed by atoms with Crippen LogP contribution in [0.1, 0.15) is 42.6 Å². The Kier molecular flexibility index (Phi) is 7.29. The second-order valence-corrected chi connectivity index (χ2v) is 5.47. The zero-order chi connectivity index (χ0) is 15.7. The lowest BCUT2D eigenvalue weighted by Gasteiger charge is -2.08. The first-order valence-electron chi connectivity index (χ1n) is 7.33. The Morgan fingerprint density at radius 2 is 1.71 bits per heavy atom. The van der Waals surface area contributed by atoms with Gasteiger partial charge in [-0.2, -0.15) is 0 Å². The average molecular weight is 292 g/mol. The third-order valence-corrected chi connectivity index (χ3v) is 3.14. The van der Waals surface area contributed by atoms with Crippen LogP contribution in [0.3, 0.4) is 0 Å². The number of hydrogen-bond acceptors (Lipinski definition) is 2. The minimum Gasteiger partial charge on any atom is -0.478 e. The van der Waals surface area contributed by atoms with Crippen LogP contribution in [-0.4, -0.2) is 30.2 Å². The summed E-state index contributed by atoms with van der Waals surface area (Å²) in [4.78, 5) is 22.2. The molecule has 5 heteroatoms. The molecule has 1 rings (SSSR count). The van der Waals surface area contributed by atoms with E-state index in [0.717, 1.165) is 18.4 Å². The molecule has 5 nitrogen and oxygen atoms in total. The highest BCUT2D eigenvalue weighted by Crippen LogP contribution is 2.05. The van der Waals surface area contributed by atoms with Crippen molar-refractivity contribution in [2.24, 2.45) is 5.92 Å². The van der Waals surface area contributed by atoms with E-state index in [0.29, 0.717) is 25.4 Å². The van der Waals surface area contributed by atoms with Gasteiger partial charge in [0.15, 0.2) is 0 Å². The number of carbonyl (C=O) groups excluding carboxylic acids is 1. The fraction of sp³-hybridized carbons (Fsp3) is 0.500. The van der Waals surface area contributed by atoms with Gasteiger partial charge in [0.05, 0.1) is 5.56 Å². The summed E-state index contributed by atoms with van der Waals surface area (Å²) in [6.45, 7) is 5.55. The van der Waals surface area contributed by atoms with Crippen molar-refractivity contribution in [3.8, 4) is 0 Å². The molecule has 0 heterocycles. The van der Waals surface area contributed by atoms with Crippen molar-refractivity contribution in [2.75, 3.05) is 13.1 Å². The second-order valence-electron chi connectivity index (χ2n) is 5.47. The molecule has 0 aromatic heterocycles. The highest BCUT2D eigenvalue weighted by molar-refractivity contribution is 5.87. The number of amides is 2. The maximum Gasteiger partial charge on any atom is 0.335 e. The smallest absolute Gasteiger partial charge is 0.335 e. The zero-order valence-electron chi connectivity index (χ0n) is 12.7. The maximum atomic E-state index is 11.5. The molecule has 116 valence electrons. The average Bonchev–Trinajstić information content (AvgIpc) is 2.44. The molecule has 0 spiro atoms. The van der Waals surface area contributed by atoms with Crippen molar-refractivity contribution in [3.63, 3.8) is 0 Å².